The highest BCUT2D eigenvalue weighted by atomic mass is 79.9. The summed E-state index contributed by atoms with van der Waals surface area (Å²) in [4.78, 5) is 4.04. The molecular formula is C11H10BrF3N2. The van der Waals surface area contributed by atoms with Gasteiger partial charge in [0, 0.05) is 10.4 Å². The Balaban J connectivity index is 2.35. The van der Waals surface area contributed by atoms with Crippen LogP contribution in [0.3, 0.4) is 0 Å². The van der Waals surface area contributed by atoms with Crippen LogP contribution in [0.1, 0.15) is 18.4 Å². The number of hydrogen-bond acceptors (Lipinski definition) is 1. The smallest absolute Gasteiger partial charge is 0.387 e. The molecule has 2 N–H and O–H groups in total. The molecule has 0 heterocycles. The molecule has 0 unspecified atom stereocenters. The Kier molecular flexibility index (Phi) is 3.16. The molecule has 17 heavy (non-hydrogen) atoms. The molecule has 1 aromatic rings. The van der Waals surface area contributed by atoms with E-state index < -0.39 is 11.7 Å². The van der Waals surface area contributed by atoms with Gasteiger partial charge in [-0.2, -0.15) is 13.2 Å². The lowest BCUT2D eigenvalue weighted by atomic mass is 10.2. The fourth-order valence-electron chi connectivity index (χ4n) is 1.38. The highest BCUT2D eigenvalue weighted by molar-refractivity contribution is 9.10. The van der Waals surface area contributed by atoms with E-state index in [1.807, 2.05) is 0 Å². The fraction of sp³-hybridized carbons (Fsp3) is 0.364. The van der Waals surface area contributed by atoms with Crippen LogP contribution >= 0.6 is 15.9 Å². The van der Waals surface area contributed by atoms with Crippen molar-refractivity contribution in [2.45, 2.75) is 19.0 Å². The van der Waals surface area contributed by atoms with Crippen LogP contribution in [0.15, 0.2) is 27.7 Å². The van der Waals surface area contributed by atoms with Crippen molar-refractivity contribution in [2.24, 2.45) is 16.6 Å². The minimum absolute atomic E-state index is 0.226. The Bertz CT molecular complexity index is 464. The summed E-state index contributed by atoms with van der Waals surface area (Å²) < 4.78 is 38.0. The molecule has 6 heteroatoms. The molecule has 1 aliphatic rings. The van der Waals surface area contributed by atoms with Crippen LogP contribution in [0, 0.1) is 5.92 Å². The molecule has 1 aliphatic carbocycles. The number of nitrogens with two attached hydrogens (primary N) is 1. The molecule has 2 rings (SSSR count). The second-order valence-electron chi connectivity index (χ2n) is 3.97. The maximum atomic E-state index is 12.5. The van der Waals surface area contributed by atoms with Crippen LogP contribution in [0.2, 0.25) is 0 Å². The van der Waals surface area contributed by atoms with Crippen LogP contribution in [0.5, 0.6) is 0 Å². The maximum absolute atomic E-state index is 12.5. The minimum atomic E-state index is -4.36. The average molecular weight is 307 g/mol. The Labute approximate surface area is 105 Å². The van der Waals surface area contributed by atoms with Gasteiger partial charge in [0.1, 0.15) is 5.84 Å². The molecule has 0 amide bonds. The Morgan fingerprint density at radius 1 is 1.35 bits per heavy atom. The number of aliphatic imine (C=N–C) groups is 1. The van der Waals surface area contributed by atoms with E-state index in [1.165, 1.54) is 6.07 Å². The number of rotatable bonds is 2. The first-order valence-electron chi connectivity index (χ1n) is 5.09. The molecule has 0 aromatic heterocycles. The number of nitrogens with zero attached hydrogens (tertiary/aromatic N) is 1. The summed E-state index contributed by atoms with van der Waals surface area (Å²) in [5, 5.41) is 0. The molecule has 0 spiro atoms. The number of hydrogen-bond donors (Lipinski definition) is 1. The number of halogens is 4. The molecule has 0 aliphatic heterocycles. The zero-order chi connectivity index (χ0) is 12.6. The van der Waals surface area contributed by atoms with Crippen LogP contribution in [-0.2, 0) is 6.18 Å². The minimum Gasteiger partial charge on any atom is -0.387 e. The van der Waals surface area contributed by atoms with E-state index in [2.05, 4.69) is 20.9 Å². The monoisotopic (exact) mass is 306 g/mol. The summed E-state index contributed by atoms with van der Waals surface area (Å²) in [6.45, 7) is 0. The summed E-state index contributed by atoms with van der Waals surface area (Å²) in [6, 6.07) is 3.34. The third-order valence-electron chi connectivity index (χ3n) is 2.52. The number of alkyl halides is 3. The topological polar surface area (TPSA) is 38.4 Å². The average Bonchev–Trinajstić information content (AvgIpc) is 3.02. The molecular weight excluding hydrogens is 297 g/mol. The van der Waals surface area contributed by atoms with Gasteiger partial charge in [0.15, 0.2) is 0 Å². The van der Waals surface area contributed by atoms with Crippen LogP contribution in [0.25, 0.3) is 0 Å². The molecule has 1 fully saturated rings. The van der Waals surface area contributed by atoms with E-state index in [0.717, 1.165) is 25.0 Å². The number of benzene rings is 1. The van der Waals surface area contributed by atoms with Crippen LogP contribution in [-0.4, -0.2) is 5.84 Å². The van der Waals surface area contributed by atoms with Gasteiger partial charge in [-0.05, 0) is 47.0 Å². The Morgan fingerprint density at radius 3 is 2.53 bits per heavy atom. The van der Waals surface area contributed by atoms with Crippen molar-refractivity contribution < 1.29 is 13.2 Å². The number of amidine groups is 1. The first-order chi connectivity index (χ1) is 7.88. The summed E-state index contributed by atoms with van der Waals surface area (Å²) in [5.74, 6) is 0.640. The lowest BCUT2D eigenvalue weighted by Gasteiger charge is -2.08. The lowest BCUT2D eigenvalue weighted by molar-refractivity contribution is -0.137. The first-order valence-corrected chi connectivity index (χ1v) is 5.88. The summed E-state index contributed by atoms with van der Waals surface area (Å²) in [7, 11) is 0. The third-order valence-corrected chi connectivity index (χ3v) is 3.19. The van der Waals surface area contributed by atoms with Crippen molar-refractivity contribution in [1.82, 2.24) is 0 Å². The van der Waals surface area contributed by atoms with Gasteiger partial charge in [-0.3, -0.25) is 0 Å². The predicted octanol–water partition coefficient (Wildman–Crippen LogP) is 3.87. The molecule has 0 radical (unpaired) electrons. The van der Waals surface area contributed by atoms with Crippen LogP contribution in [0.4, 0.5) is 18.9 Å². The maximum Gasteiger partial charge on any atom is 0.416 e. The summed E-state index contributed by atoms with van der Waals surface area (Å²) in [6.07, 6.45) is -2.43. The zero-order valence-corrected chi connectivity index (χ0v) is 10.3. The van der Waals surface area contributed by atoms with Crippen molar-refractivity contribution >= 4 is 27.5 Å². The SMILES string of the molecule is NC(=Nc1cc(C(F)(F)F)ccc1Br)C1CC1. The van der Waals surface area contributed by atoms with Gasteiger partial charge in [0.05, 0.1) is 11.3 Å². The Morgan fingerprint density at radius 2 is 2.00 bits per heavy atom. The van der Waals surface area contributed by atoms with Crippen LogP contribution < -0.4 is 5.73 Å². The normalized spacial score (nSPS) is 17.3. The lowest BCUT2D eigenvalue weighted by Crippen LogP contribution is -2.13. The van der Waals surface area contributed by atoms with Gasteiger partial charge >= 0.3 is 6.18 Å². The summed E-state index contributed by atoms with van der Waals surface area (Å²) in [5.41, 5.74) is 5.19. The molecule has 0 bridgehead atoms. The summed E-state index contributed by atoms with van der Waals surface area (Å²) >= 11 is 3.17. The molecule has 2 nitrogen and oxygen atoms in total. The largest absolute Gasteiger partial charge is 0.416 e. The molecule has 1 aromatic carbocycles. The van der Waals surface area contributed by atoms with Crippen molar-refractivity contribution in [3.63, 3.8) is 0 Å². The van der Waals surface area contributed by atoms with Crippen molar-refractivity contribution in [2.75, 3.05) is 0 Å². The van der Waals surface area contributed by atoms with E-state index in [4.69, 9.17) is 5.73 Å². The van der Waals surface area contributed by atoms with Gasteiger partial charge in [-0.25, -0.2) is 4.99 Å². The van der Waals surface area contributed by atoms with Crippen molar-refractivity contribution in [1.29, 1.82) is 0 Å². The van der Waals surface area contributed by atoms with E-state index in [1.54, 1.807) is 0 Å². The third kappa shape index (κ3) is 3.00. The van der Waals surface area contributed by atoms with Gasteiger partial charge < -0.3 is 5.73 Å². The zero-order valence-electron chi connectivity index (χ0n) is 8.76. The molecule has 0 atom stereocenters. The van der Waals surface area contributed by atoms with Crippen molar-refractivity contribution in [3.8, 4) is 0 Å². The van der Waals surface area contributed by atoms with E-state index in [-0.39, 0.29) is 11.6 Å². The highest BCUT2D eigenvalue weighted by Gasteiger charge is 2.31. The molecule has 92 valence electrons. The first kappa shape index (κ1) is 12.4. The second kappa shape index (κ2) is 4.33. The van der Waals surface area contributed by atoms with E-state index >= 15 is 0 Å². The molecule has 1 saturated carbocycles. The highest BCUT2D eigenvalue weighted by Crippen LogP contribution is 2.36. The Hall–Kier alpha value is -1.04. The predicted molar refractivity (Wildman–Crippen MR) is 63.2 cm³/mol. The second-order valence-corrected chi connectivity index (χ2v) is 4.83. The van der Waals surface area contributed by atoms with E-state index in [9.17, 15) is 13.2 Å². The van der Waals surface area contributed by atoms with Gasteiger partial charge in [-0.1, -0.05) is 0 Å². The quantitative estimate of drug-likeness (QED) is 0.654. The standard InChI is InChI=1S/C11H10BrF3N2/c12-8-4-3-7(11(13,14)15)5-9(8)17-10(16)6-1-2-6/h3-6H,1-2H2,(H2,16,17). The fourth-order valence-corrected chi connectivity index (χ4v) is 1.72. The van der Waals surface area contributed by atoms with Gasteiger partial charge in [0.25, 0.3) is 0 Å². The van der Waals surface area contributed by atoms with Crippen molar-refractivity contribution in [3.05, 3.63) is 28.2 Å². The van der Waals surface area contributed by atoms with Gasteiger partial charge in [0.2, 0.25) is 0 Å². The van der Waals surface area contributed by atoms with E-state index in [0.29, 0.717) is 10.3 Å². The van der Waals surface area contributed by atoms with Gasteiger partial charge in [-0.15, -0.1) is 0 Å². The molecule has 0 saturated heterocycles.